The quantitative estimate of drug-likeness (QED) is 0.00748. The van der Waals surface area contributed by atoms with Gasteiger partial charge in [0.25, 0.3) is 23.6 Å². The minimum Gasteiger partial charge on any atom is -1.00 e. The molecule has 10 aromatic rings. The van der Waals surface area contributed by atoms with Gasteiger partial charge in [-0.2, -0.15) is 0 Å². The number of benzene rings is 10. The Balaban J connectivity index is -0.000000298. The number of hydrogen-bond donors (Lipinski definition) is 10. The van der Waals surface area contributed by atoms with Crippen molar-refractivity contribution in [2.45, 2.75) is 180 Å². The maximum absolute atomic E-state index is 12.3. The van der Waals surface area contributed by atoms with E-state index in [1.54, 1.807) is 95.3 Å². The van der Waals surface area contributed by atoms with Gasteiger partial charge in [0, 0.05) is 86.5 Å². The number of carbonyl (C=O) groups excluding carboxylic acids is 9. The van der Waals surface area contributed by atoms with Crippen LogP contribution in [0.3, 0.4) is 0 Å². The number of nitrogens with one attached hydrogen (secondary N) is 4. The Morgan fingerprint density at radius 3 is 0.768 bits per heavy atom. The molecule has 0 spiro atoms. The third-order valence-corrected chi connectivity index (χ3v) is 18.6. The average molecular weight is 1940 g/mol. The molecule has 28 nitrogen and oxygen atoms in total. The van der Waals surface area contributed by atoms with Crippen molar-refractivity contribution in [1.82, 2.24) is 21.3 Å². The number of esters is 4. The SMILES string of the molecule is C.C.C.C.C.CCOC(=O)CC[C@@H](C)N.CCOC(=O)CC[C@@H](C)NC(=O)c1ccc(-c2ccccc2)cc1.CCOC(=O)CC[C@H](CO)NC(=O)c1ccc(-c2ccccc2)cc1.CCOC(=O)CC[C@H](NC(=O)c1ccc(-c2ccccc2)cc1)C(=O)O.CCOC(=O)Cl.O=C(O)CC[C@H](CO)NC(=O)c1ccc(-c2ccccc2)cc1.O=C(O)c1ccc(-c2ccccc2)cc1.[B].[H-].[Na+].[Na+].[OH-]. The number of carboxylic acid groups (broad SMARTS) is 3. The number of ether oxygens (including phenoxy) is 5. The molecular weight excluding hydrogens is 1800 g/mol. The molecule has 0 heterocycles. The van der Waals surface area contributed by atoms with E-state index in [1.165, 1.54) is 0 Å². The van der Waals surface area contributed by atoms with Crippen molar-refractivity contribution < 1.29 is 173 Å². The molecule has 0 aliphatic rings. The number of hydrogen-bond acceptors (Lipinski definition) is 21. The van der Waals surface area contributed by atoms with E-state index in [2.05, 4.69) is 26.0 Å². The Kier molecular flexibility index (Phi) is 79.3. The Hall–Kier alpha value is -12.0. The summed E-state index contributed by atoms with van der Waals surface area (Å²) < 4.78 is 23.4. The molecule has 4 amide bonds. The molecular formula is C106H138BClN5Na2O23. The second-order valence-electron chi connectivity index (χ2n) is 28.4. The summed E-state index contributed by atoms with van der Waals surface area (Å²) in [5.41, 5.74) is 17.4. The maximum atomic E-state index is 12.3. The number of aliphatic carboxylic acids is 2. The molecule has 0 bridgehead atoms. The van der Waals surface area contributed by atoms with Gasteiger partial charge in [-0.3, -0.25) is 43.2 Å². The molecule has 0 saturated carbocycles. The zero-order valence-electron chi connectivity index (χ0n) is 77.5. The van der Waals surface area contributed by atoms with E-state index < -0.39 is 53.3 Å². The van der Waals surface area contributed by atoms with E-state index in [9.17, 15) is 72.9 Å². The Morgan fingerprint density at radius 2 is 0.543 bits per heavy atom. The first-order chi connectivity index (χ1) is 62.0. The number of carbonyl (C=O) groups is 12. The van der Waals surface area contributed by atoms with Crippen LogP contribution in [0.15, 0.2) is 273 Å². The molecule has 0 aromatic heterocycles. The number of amides is 4. The van der Waals surface area contributed by atoms with E-state index in [0.29, 0.717) is 86.3 Å². The summed E-state index contributed by atoms with van der Waals surface area (Å²) in [4.78, 5) is 136. The molecule has 5 atom stereocenters. The van der Waals surface area contributed by atoms with E-state index in [4.69, 9.17) is 46.5 Å². The number of halogens is 1. The number of aliphatic hydroxyl groups is 2. The molecule has 12 N–H and O–H groups in total. The van der Waals surface area contributed by atoms with Crippen LogP contribution in [0.4, 0.5) is 4.79 Å². The van der Waals surface area contributed by atoms with Gasteiger partial charge in [0.05, 0.1) is 63.9 Å². The molecule has 0 aliphatic heterocycles. The van der Waals surface area contributed by atoms with Crippen LogP contribution >= 0.6 is 11.6 Å². The van der Waals surface area contributed by atoms with Gasteiger partial charge in [-0.1, -0.05) is 249 Å². The standard InChI is InChI=1S/C20H21NO5.C20H23NO4.C20H23NO3.C18H19NO4.C13H10O2.C7H15NO2.C3H5ClO2.5CH4.B.2Na.H2O.H/c1-2-26-18(22)13-12-17(20(24)25)21-19(23)16-10-8-15(9-11-16)14-6-4-3-5-7-14;1-2-25-19(23)13-12-18(14-22)21-20(24)17-10-8-16(9-11-17)15-6-4-3-5-7-15;1-3-24-19(22)14-9-15(2)21-20(23)18-12-10-17(11-13-18)16-7-5-4-6-8-16;20-12-16(10-11-17(21)22)19-18(23)15-8-6-14(7-9-15)13-4-2-1-3-5-13;14-13(15)12-8-6-11(7-9-12)10-4-2-1-3-5-10;1-3-10-7(9)5-4-6(2)8;1-2-6-3(4)5;;;;;;;;;;/h3-11,17H,2,12-13H2,1H3,(H,21,23)(H,24,25);3-11,18,22H,2,12-14H2,1H3,(H,21,24);4-8,10-13,15H,3,9,14H2,1-2H3,(H,21,23);1-9,16,20H,10-12H2,(H,19,23)(H,21,22);1-9H,(H,14,15);6H,3-5,8H2,1-2H3;2H2,1H3;5*1H4;;;;1H2;/q;;;;;;;;;;;;;2*+1;;-1/p-1/t17-;18-;15-;16-;;6-;;;;;;;;;;;/m0111.1.........../s1. The van der Waals surface area contributed by atoms with Gasteiger partial charge in [0.1, 0.15) is 6.04 Å². The van der Waals surface area contributed by atoms with Crippen molar-refractivity contribution in [3.05, 3.63) is 301 Å². The summed E-state index contributed by atoms with van der Waals surface area (Å²) in [6, 6.07) is 82.8. The van der Waals surface area contributed by atoms with E-state index >= 15 is 0 Å². The fourth-order valence-corrected chi connectivity index (χ4v) is 11.7. The molecule has 3 radical (unpaired) electrons. The zero-order chi connectivity index (χ0) is 94.7. The monoisotopic (exact) mass is 1940 g/mol. The first kappa shape index (κ1) is 137. The third-order valence-electron chi connectivity index (χ3n) is 18.5. The van der Waals surface area contributed by atoms with Crippen molar-refractivity contribution >= 4 is 90.9 Å². The van der Waals surface area contributed by atoms with Crippen LogP contribution in [-0.4, -0.2) is 187 Å². The second kappa shape index (κ2) is 80.0. The third kappa shape index (κ3) is 56.7. The predicted molar refractivity (Wildman–Crippen MR) is 538 cm³/mol. The van der Waals surface area contributed by atoms with Crippen LogP contribution in [0.5, 0.6) is 0 Å². The molecule has 138 heavy (non-hydrogen) atoms. The van der Waals surface area contributed by atoms with Crippen molar-refractivity contribution in [1.29, 1.82) is 0 Å². The Labute approximate surface area is 866 Å². The van der Waals surface area contributed by atoms with Crippen LogP contribution in [0.2, 0.25) is 0 Å². The summed E-state index contributed by atoms with van der Waals surface area (Å²) in [6.45, 7) is 13.7. The number of aliphatic hydroxyl groups excluding tert-OH is 2. The molecule has 32 heteroatoms. The minimum absolute atomic E-state index is 0. The normalized spacial score (nSPS) is 10.5. The average Bonchev–Trinajstić information content (AvgIpc) is 0.868. The summed E-state index contributed by atoms with van der Waals surface area (Å²) in [5.74, 6) is -5.47. The van der Waals surface area contributed by atoms with E-state index in [0.717, 1.165) is 55.6 Å². The van der Waals surface area contributed by atoms with Crippen molar-refractivity contribution in [2.24, 2.45) is 5.73 Å². The smallest absolute Gasteiger partial charge is 1.00 e. The number of nitrogens with two attached hydrogens (primary N) is 1. The zero-order valence-corrected chi connectivity index (χ0v) is 81.3. The predicted octanol–water partition coefficient (Wildman–Crippen LogP) is 13.6. The van der Waals surface area contributed by atoms with Crippen molar-refractivity contribution in [2.75, 3.05) is 46.2 Å². The van der Waals surface area contributed by atoms with Crippen LogP contribution in [-0.2, 0) is 52.5 Å². The molecule has 0 saturated heterocycles. The van der Waals surface area contributed by atoms with E-state index in [1.807, 2.05) is 226 Å². The van der Waals surface area contributed by atoms with Gasteiger partial charge < -0.3 is 83.1 Å². The van der Waals surface area contributed by atoms with Crippen LogP contribution in [0.25, 0.3) is 55.6 Å². The van der Waals surface area contributed by atoms with Gasteiger partial charge in [0.15, 0.2) is 0 Å². The first-order valence-electron chi connectivity index (χ1n) is 42.2. The maximum Gasteiger partial charge on any atom is 1.00 e. The topological polar surface area (TPSA) is 456 Å². The van der Waals surface area contributed by atoms with E-state index in [-0.39, 0.29) is 211 Å². The molecule has 0 aliphatic carbocycles. The number of rotatable bonds is 37. The van der Waals surface area contributed by atoms with Gasteiger partial charge >= 0.3 is 106 Å². The fourth-order valence-electron chi connectivity index (χ4n) is 11.6. The van der Waals surface area contributed by atoms with Gasteiger partial charge in [-0.05, 0) is 197 Å². The molecule has 10 aromatic carbocycles. The molecule has 737 valence electrons. The Bertz CT molecular complexity index is 5040. The molecule has 0 unspecified atom stereocenters. The van der Waals surface area contributed by atoms with Crippen molar-refractivity contribution in [3.63, 3.8) is 0 Å². The molecule has 10 rings (SSSR count). The minimum atomic E-state index is -1.19. The van der Waals surface area contributed by atoms with Gasteiger partial charge in [0.2, 0.25) is 0 Å². The van der Waals surface area contributed by atoms with Gasteiger partial charge in [-0.15, -0.1) is 0 Å². The summed E-state index contributed by atoms with van der Waals surface area (Å²) in [5, 5.41) is 56.0. The van der Waals surface area contributed by atoms with Gasteiger partial charge in [-0.25, -0.2) is 14.4 Å². The largest absolute Gasteiger partial charge is 1.00 e. The number of carboxylic acids is 3. The summed E-state index contributed by atoms with van der Waals surface area (Å²) in [6.07, 6.45) is 2.51. The first-order valence-corrected chi connectivity index (χ1v) is 42.5. The fraction of sp³-hybridized carbons (Fsp3) is 0.321. The second-order valence-corrected chi connectivity index (χ2v) is 28.7. The van der Waals surface area contributed by atoms with Crippen LogP contribution in [0, 0.1) is 0 Å². The van der Waals surface area contributed by atoms with Crippen LogP contribution < -0.4 is 86.1 Å². The molecule has 0 fully saturated rings. The Morgan fingerprint density at radius 1 is 0.319 bits per heavy atom. The van der Waals surface area contributed by atoms with Crippen LogP contribution in [0.1, 0.15) is 203 Å². The summed E-state index contributed by atoms with van der Waals surface area (Å²) >= 11 is 4.72. The van der Waals surface area contributed by atoms with Crippen molar-refractivity contribution in [3.8, 4) is 55.6 Å². The summed E-state index contributed by atoms with van der Waals surface area (Å²) in [7, 11) is 0. The number of aromatic carboxylic acids is 1.